The van der Waals surface area contributed by atoms with E-state index < -0.39 is 0 Å². The van der Waals surface area contributed by atoms with Crippen molar-refractivity contribution in [2.24, 2.45) is 5.92 Å². The van der Waals surface area contributed by atoms with E-state index >= 15 is 0 Å². The molecule has 2 nitrogen and oxygen atoms in total. The van der Waals surface area contributed by atoms with E-state index in [1.807, 2.05) is 0 Å². The van der Waals surface area contributed by atoms with Gasteiger partial charge in [0.05, 0.1) is 0 Å². The highest BCUT2D eigenvalue weighted by atomic mass is 16.3. The molecule has 0 amide bonds. The first-order chi connectivity index (χ1) is 11.3. The van der Waals surface area contributed by atoms with Crippen LogP contribution in [-0.2, 0) is 6.42 Å². The molecule has 1 aromatic rings. The summed E-state index contributed by atoms with van der Waals surface area (Å²) in [6.07, 6.45) is 10.8. The Hall–Kier alpha value is -1.12. The number of likely N-dealkylation sites (tertiary alicyclic amines) is 1. The first-order valence-electron chi connectivity index (χ1n) is 9.52. The molecular weight excluding hydrogens is 282 g/mol. The zero-order chi connectivity index (χ0) is 15.6. The standard InChI is InChI=1S/C21H29NO/c23-21(22-11-2-1-3-12-22)10-8-16-5-4-6-18(13-16)20-15-17-7-9-19(20)14-17/h4-6,13,17,21,23H,1-3,7-12,14-15H2. The second-order valence-electron chi connectivity index (χ2n) is 7.71. The van der Waals surface area contributed by atoms with Crippen molar-refractivity contribution >= 4 is 5.57 Å². The van der Waals surface area contributed by atoms with Gasteiger partial charge in [-0.1, -0.05) is 36.3 Å². The van der Waals surface area contributed by atoms with Gasteiger partial charge >= 0.3 is 0 Å². The van der Waals surface area contributed by atoms with Crippen molar-refractivity contribution in [2.45, 2.75) is 64.0 Å². The molecule has 0 radical (unpaired) electrons. The van der Waals surface area contributed by atoms with Crippen LogP contribution < -0.4 is 0 Å². The fraction of sp³-hybridized carbons (Fsp3) is 0.619. The van der Waals surface area contributed by atoms with Gasteiger partial charge in [0.25, 0.3) is 0 Å². The van der Waals surface area contributed by atoms with E-state index in [9.17, 15) is 5.11 Å². The number of hydrogen-bond donors (Lipinski definition) is 1. The van der Waals surface area contributed by atoms with Gasteiger partial charge in [-0.3, -0.25) is 4.90 Å². The number of benzene rings is 1. The highest BCUT2D eigenvalue weighted by molar-refractivity contribution is 5.72. The van der Waals surface area contributed by atoms with E-state index in [0.29, 0.717) is 0 Å². The molecule has 1 saturated heterocycles. The Balaban J connectivity index is 1.39. The molecule has 2 bridgehead atoms. The van der Waals surface area contributed by atoms with E-state index in [1.165, 1.54) is 56.1 Å². The lowest BCUT2D eigenvalue weighted by molar-refractivity contribution is -0.0130. The van der Waals surface area contributed by atoms with Crippen molar-refractivity contribution in [3.05, 3.63) is 41.0 Å². The summed E-state index contributed by atoms with van der Waals surface area (Å²) in [5.74, 6) is 0.935. The Morgan fingerprint density at radius 3 is 2.74 bits per heavy atom. The molecule has 23 heavy (non-hydrogen) atoms. The lowest BCUT2D eigenvalue weighted by atomic mass is 9.92. The average Bonchev–Trinajstić information content (AvgIpc) is 3.24. The third kappa shape index (κ3) is 3.39. The second-order valence-corrected chi connectivity index (χ2v) is 7.71. The zero-order valence-electron chi connectivity index (χ0n) is 14.1. The smallest absolute Gasteiger partial charge is 0.107 e. The number of rotatable bonds is 5. The molecule has 1 N–H and O–H groups in total. The quantitative estimate of drug-likeness (QED) is 0.872. The third-order valence-corrected chi connectivity index (χ3v) is 6.09. The highest BCUT2D eigenvalue weighted by Gasteiger charge is 2.30. The molecule has 0 spiro atoms. The fourth-order valence-electron chi connectivity index (χ4n) is 4.74. The molecule has 2 heteroatoms. The number of aryl methyl sites for hydroxylation is 1. The highest BCUT2D eigenvalue weighted by Crippen LogP contribution is 2.48. The van der Waals surface area contributed by atoms with Crippen molar-refractivity contribution in [3.8, 4) is 0 Å². The molecule has 4 rings (SSSR count). The number of allylic oxidation sites excluding steroid dienone is 2. The van der Waals surface area contributed by atoms with Gasteiger partial charge in [-0.25, -0.2) is 0 Å². The van der Waals surface area contributed by atoms with Crippen LogP contribution in [0.5, 0.6) is 0 Å². The van der Waals surface area contributed by atoms with Gasteiger partial charge in [-0.05, 0) is 74.0 Å². The Bertz CT molecular complexity index is 585. The SMILES string of the molecule is OC(CCc1cccc(C2=C3CCC(C3)C2)c1)N1CCCCC1. The third-order valence-electron chi connectivity index (χ3n) is 6.09. The molecule has 1 saturated carbocycles. The summed E-state index contributed by atoms with van der Waals surface area (Å²) in [5.41, 5.74) is 6.20. The molecule has 0 aromatic heterocycles. The molecule has 124 valence electrons. The van der Waals surface area contributed by atoms with Gasteiger partial charge in [0, 0.05) is 13.1 Å². The van der Waals surface area contributed by atoms with E-state index in [1.54, 1.807) is 11.1 Å². The summed E-state index contributed by atoms with van der Waals surface area (Å²) in [6.45, 7) is 2.14. The summed E-state index contributed by atoms with van der Waals surface area (Å²) >= 11 is 0. The van der Waals surface area contributed by atoms with Crippen molar-refractivity contribution in [3.63, 3.8) is 0 Å². The van der Waals surface area contributed by atoms with Crippen LogP contribution in [0.4, 0.5) is 0 Å². The van der Waals surface area contributed by atoms with Gasteiger partial charge in [-0.2, -0.15) is 0 Å². The Labute approximate surface area is 140 Å². The number of piperidine rings is 1. The van der Waals surface area contributed by atoms with E-state index in [0.717, 1.165) is 31.8 Å². The monoisotopic (exact) mass is 311 g/mol. The average molecular weight is 311 g/mol. The van der Waals surface area contributed by atoms with Crippen LogP contribution in [0.1, 0.15) is 62.5 Å². The zero-order valence-corrected chi connectivity index (χ0v) is 14.1. The van der Waals surface area contributed by atoms with Crippen molar-refractivity contribution in [1.82, 2.24) is 4.90 Å². The minimum atomic E-state index is -0.261. The number of hydrogen-bond acceptors (Lipinski definition) is 2. The van der Waals surface area contributed by atoms with E-state index in [-0.39, 0.29) is 6.23 Å². The molecular formula is C21H29NO. The normalized spacial score (nSPS) is 26.0. The van der Waals surface area contributed by atoms with Gasteiger partial charge < -0.3 is 5.11 Å². The van der Waals surface area contributed by atoms with Gasteiger partial charge in [0.15, 0.2) is 0 Å². The van der Waals surface area contributed by atoms with Crippen molar-refractivity contribution in [2.75, 3.05) is 13.1 Å². The minimum Gasteiger partial charge on any atom is -0.378 e. The summed E-state index contributed by atoms with van der Waals surface area (Å²) < 4.78 is 0. The van der Waals surface area contributed by atoms with Crippen LogP contribution in [-0.4, -0.2) is 29.3 Å². The number of fused-ring (bicyclic) bond motifs is 2. The summed E-state index contributed by atoms with van der Waals surface area (Å²) in [5, 5.41) is 10.4. The molecule has 1 heterocycles. The summed E-state index contributed by atoms with van der Waals surface area (Å²) in [6, 6.07) is 9.10. The minimum absolute atomic E-state index is 0.261. The van der Waals surface area contributed by atoms with Crippen LogP contribution >= 0.6 is 0 Å². The van der Waals surface area contributed by atoms with Crippen LogP contribution in [0.2, 0.25) is 0 Å². The van der Waals surface area contributed by atoms with Crippen molar-refractivity contribution < 1.29 is 5.11 Å². The Morgan fingerprint density at radius 1 is 1.13 bits per heavy atom. The largest absolute Gasteiger partial charge is 0.378 e. The first-order valence-corrected chi connectivity index (χ1v) is 9.52. The predicted octanol–water partition coefficient (Wildman–Crippen LogP) is 4.38. The fourth-order valence-corrected chi connectivity index (χ4v) is 4.74. The lowest BCUT2D eigenvalue weighted by Gasteiger charge is -2.31. The number of aliphatic hydroxyl groups is 1. The maximum Gasteiger partial charge on any atom is 0.107 e. The number of nitrogens with zero attached hydrogens (tertiary/aromatic N) is 1. The van der Waals surface area contributed by atoms with Crippen molar-refractivity contribution in [1.29, 1.82) is 0 Å². The summed E-state index contributed by atoms with van der Waals surface area (Å²) in [4.78, 5) is 2.26. The molecule has 2 aliphatic carbocycles. The summed E-state index contributed by atoms with van der Waals surface area (Å²) in [7, 11) is 0. The van der Waals surface area contributed by atoms with Crippen LogP contribution in [0.3, 0.4) is 0 Å². The Morgan fingerprint density at radius 2 is 2.00 bits per heavy atom. The van der Waals surface area contributed by atoms with E-state index in [2.05, 4.69) is 29.2 Å². The van der Waals surface area contributed by atoms with Gasteiger partial charge in [0.2, 0.25) is 0 Å². The molecule has 2 unspecified atom stereocenters. The second kappa shape index (κ2) is 6.78. The topological polar surface area (TPSA) is 23.5 Å². The first kappa shape index (κ1) is 15.4. The molecule has 3 aliphatic rings. The van der Waals surface area contributed by atoms with Crippen LogP contribution in [0, 0.1) is 5.92 Å². The maximum absolute atomic E-state index is 10.4. The van der Waals surface area contributed by atoms with Crippen LogP contribution in [0.25, 0.3) is 5.57 Å². The molecule has 2 fully saturated rings. The van der Waals surface area contributed by atoms with Gasteiger partial charge in [0.1, 0.15) is 6.23 Å². The predicted molar refractivity (Wildman–Crippen MR) is 95.1 cm³/mol. The molecule has 1 aromatic carbocycles. The number of aliphatic hydroxyl groups excluding tert-OH is 1. The van der Waals surface area contributed by atoms with Crippen LogP contribution in [0.15, 0.2) is 29.8 Å². The van der Waals surface area contributed by atoms with E-state index in [4.69, 9.17) is 0 Å². The molecule has 2 atom stereocenters. The lowest BCUT2D eigenvalue weighted by Crippen LogP contribution is -2.39. The van der Waals surface area contributed by atoms with Gasteiger partial charge in [-0.15, -0.1) is 0 Å². The molecule has 1 aliphatic heterocycles. The Kier molecular flexibility index (Phi) is 4.54. The maximum atomic E-state index is 10.4.